The Labute approximate surface area is 125 Å². The third kappa shape index (κ3) is 2.90. The van der Waals surface area contributed by atoms with Gasteiger partial charge < -0.3 is 15.5 Å². The summed E-state index contributed by atoms with van der Waals surface area (Å²) in [7, 11) is 0. The van der Waals surface area contributed by atoms with Gasteiger partial charge in [0.2, 0.25) is 0 Å². The molecule has 0 saturated carbocycles. The van der Waals surface area contributed by atoms with Gasteiger partial charge in [-0.25, -0.2) is 9.78 Å². The van der Waals surface area contributed by atoms with Crippen molar-refractivity contribution in [1.82, 2.24) is 14.7 Å². The number of carbonyl (C=O) groups is 3. The normalized spacial score (nSPS) is 12.1. The van der Waals surface area contributed by atoms with E-state index in [2.05, 4.69) is 10.3 Å². The van der Waals surface area contributed by atoms with Gasteiger partial charge in [0, 0.05) is 6.20 Å². The molecule has 1 unspecified atom stereocenters. The van der Waals surface area contributed by atoms with E-state index in [0.29, 0.717) is 11.3 Å². The molecule has 0 aliphatic rings. The topological polar surface area (TPSA) is 121 Å². The molecule has 2 aromatic heterocycles. The van der Waals surface area contributed by atoms with Gasteiger partial charge in [-0.15, -0.1) is 0 Å². The van der Waals surface area contributed by atoms with E-state index in [9.17, 15) is 14.4 Å². The van der Waals surface area contributed by atoms with Crippen LogP contribution in [0, 0.1) is 13.8 Å². The zero-order valence-corrected chi connectivity index (χ0v) is 12.0. The second kappa shape index (κ2) is 5.84. The minimum Gasteiger partial charge on any atom is -0.481 e. The molecule has 2 rings (SSSR count). The molecule has 0 fully saturated rings. The summed E-state index contributed by atoms with van der Waals surface area (Å²) in [6.45, 7) is 3.47. The number of imidazole rings is 1. The van der Waals surface area contributed by atoms with Crippen molar-refractivity contribution < 1.29 is 24.6 Å². The third-order valence-corrected chi connectivity index (χ3v) is 3.22. The van der Waals surface area contributed by atoms with Crippen molar-refractivity contribution in [1.29, 1.82) is 0 Å². The lowest BCUT2D eigenvalue weighted by atomic mass is 10.2. The number of aliphatic carboxylic acids is 2. The Hall–Kier alpha value is -2.90. The molecule has 1 atom stereocenters. The molecule has 0 aromatic carbocycles. The zero-order valence-electron chi connectivity index (χ0n) is 12.0. The van der Waals surface area contributed by atoms with Crippen molar-refractivity contribution in [2.24, 2.45) is 0 Å². The second-order valence-corrected chi connectivity index (χ2v) is 4.89. The summed E-state index contributed by atoms with van der Waals surface area (Å²) in [5.41, 5.74) is 2.09. The zero-order chi connectivity index (χ0) is 16.4. The number of nitrogens with zero attached hydrogens (tertiary/aromatic N) is 2. The molecule has 116 valence electrons. The van der Waals surface area contributed by atoms with Crippen LogP contribution in [-0.4, -0.2) is 43.5 Å². The monoisotopic (exact) mass is 305 g/mol. The summed E-state index contributed by atoms with van der Waals surface area (Å²) < 4.78 is 1.56. The van der Waals surface area contributed by atoms with Gasteiger partial charge in [-0.1, -0.05) is 6.07 Å². The Morgan fingerprint density at radius 2 is 2.00 bits per heavy atom. The van der Waals surface area contributed by atoms with Crippen LogP contribution in [0.4, 0.5) is 0 Å². The molecule has 8 nitrogen and oxygen atoms in total. The smallest absolute Gasteiger partial charge is 0.326 e. The summed E-state index contributed by atoms with van der Waals surface area (Å²) in [5.74, 6) is -3.39. The van der Waals surface area contributed by atoms with E-state index >= 15 is 0 Å². The molecule has 0 spiro atoms. The largest absolute Gasteiger partial charge is 0.481 e. The van der Waals surface area contributed by atoms with E-state index in [0.717, 1.165) is 5.56 Å². The maximum Gasteiger partial charge on any atom is 0.326 e. The van der Waals surface area contributed by atoms with Gasteiger partial charge in [0.05, 0.1) is 12.1 Å². The number of aryl methyl sites for hydroxylation is 2. The van der Waals surface area contributed by atoms with Gasteiger partial charge in [0.15, 0.2) is 0 Å². The Balaban J connectivity index is 2.37. The third-order valence-electron chi connectivity index (χ3n) is 3.22. The first kappa shape index (κ1) is 15.5. The molecular weight excluding hydrogens is 290 g/mol. The van der Waals surface area contributed by atoms with E-state index in [4.69, 9.17) is 10.2 Å². The minimum absolute atomic E-state index is 0.190. The van der Waals surface area contributed by atoms with Crippen LogP contribution in [0.3, 0.4) is 0 Å². The molecule has 0 saturated heterocycles. The van der Waals surface area contributed by atoms with Crippen molar-refractivity contribution >= 4 is 23.5 Å². The predicted molar refractivity (Wildman–Crippen MR) is 75.8 cm³/mol. The lowest BCUT2D eigenvalue weighted by Gasteiger charge is -2.12. The van der Waals surface area contributed by atoms with Crippen LogP contribution in [-0.2, 0) is 9.59 Å². The Morgan fingerprint density at radius 1 is 1.32 bits per heavy atom. The molecule has 0 radical (unpaired) electrons. The molecule has 2 aromatic rings. The Bertz CT molecular complexity index is 765. The lowest BCUT2D eigenvalue weighted by molar-refractivity contribution is -0.145. The van der Waals surface area contributed by atoms with Gasteiger partial charge in [0.25, 0.3) is 5.91 Å². The van der Waals surface area contributed by atoms with Crippen molar-refractivity contribution in [3.8, 4) is 0 Å². The minimum atomic E-state index is -1.50. The number of carboxylic acids is 2. The maximum atomic E-state index is 12.3. The fourth-order valence-electron chi connectivity index (χ4n) is 2.19. The van der Waals surface area contributed by atoms with Crippen molar-refractivity contribution in [2.45, 2.75) is 26.3 Å². The Kier molecular flexibility index (Phi) is 4.11. The standard InChI is InChI=1S/C14H15N3O5/c1-7-4-3-5-17-11(8(2)15-12(7)17)13(20)16-9(14(21)22)6-10(18)19/h3-5,9H,6H2,1-2H3,(H,16,20)(H,18,19)(H,21,22). The van der Waals surface area contributed by atoms with Crippen LogP contribution in [0.25, 0.3) is 5.65 Å². The van der Waals surface area contributed by atoms with E-state index in [1.807, 2.05) is 13.0 Å². The highest BCUT2D eigenvalue weighted by molar-refractivity contribution is 5.97. The van der Waals surface area contributed by atoms with Crippen molar-refractivity contribution in [3.05, 3.63) is 35.3 Å². The Morgan fingerprint density at radius 3 is 2.59 bits per heavy atom. The number of carbonyl (C=O) groups excluding carboxylic acids is 1. The van der Waals surface area contributed by atoms with Gasteiger partial charge in [-0.05, 0) is 25.5 Å². The molecule has 1 amide bonds. The molecule has 0 aliphatic heterocycles. The lowest BCUT2D eigenvalue weighted by Crippen LogP contribution is -2.42. The number of nitrogens with one attached hydrogen (secondary N) is 1. The number of fused-ring (bicyclic) bond motifs is 1. The van der Waals surface area contributed by atoms with Gasteiger partial charge in [-0.2, -0.15) is 0 Å². The first-order valence-electron chi connectivity index (χ1n) is 6.51. The fourth-order valence-corrected chi connectivity index (χ4v) is 2.19. The number of pyridine rings is 1. The number of carboxylic acid groups (broad SMARTS) is 2. The quantitative estimate of drug-likeness (QED) is 0.744. The van der Waals surface area contributed by atoms with E-state index < -0.39 is 30.3 Å². The SMILES string of the molecule is Cc1nc2c(C)cccn2c1C(=O)NC(CC(=O)O)C(=O)O. The van der Waals surface area contributed by atoms with Gasteiger partial charge >= 0.3 is 11.9 Å². The van der Waals surface area contributed by atoms with Crippen molar-refractivity contribution in [3.63, 3.8) is 0 Å². The van der Waals surface area contributed by atoms with Gasteiger partial charge in [0.1, 0.15) is 17.4 Å². The van der Waals surface area contributed by atoms with Crippen LogP contribution < -0.4 is 5.32 Å². The predicted octanol–water partition coefficient (Wildman–Crippen LogP) is 0.609. The van der Waals surface area contributed by atoms with Crippen LogP contribution in [0.15, 0.2) is 18.3 Å². The van der Waals surface area contributed by atoms with E-state index in [1.165, 1.54) is 0 Å². The highest BCUT2D eigenvalue weighted by atomic mass is 16.4. The van der Waals surface area contributed by atoms with Crippen LogP contribution in [0.5, 0.6) is 0 Å². The summed E-state index contributed by atoms with van der Waals surface area (Å²) >= 11 is 0. The number of rotatable bonds is 5. The van der Waals surface area contributed by atoms with E-state index in [1.54, 1.807) is 23.6 Å². The van der Waals surface area contributed by atoms with Crippen LogP contribution in [0.1, 0.15) is 28.2 Å². The molecule has 2 heterocycles. The molecule has 0 aliphatic carbocycles. The van der Waals surface area contributed by atoms with E-state index in [-0.39, 0.29) is 5.69 Å². The number of amides is 1. The second-order valence-electron chi connectivity index (χ2n) is 4.89. The van der Waals surface area contributed by atoms with Crippen LogP contribution in [0.2, 0.25) is 0 Å². The maximum absolute atomic E-state index is 12.3. The number of hydrogen-bond acceptors (Lipinski definition) is 4. The summed E-state index contributed by atoms with van der Waals surface area (Å²) in [6, 6.07) is 2.08. The molecular formula is C14H15N3O5. The van der Waals surface area contributed by atoms with Crippen LogP contribution >= 0.6 is 0 Å². The number of aromatic nitrogens is 2. The summed E-state index contributed by atoms with van der Waals surface area (Å²) in [5, 5.41) is 19.9. The first-order chi connectivity index (χ1) is 10.3. The highest BCUT2D eigenvalue weighted by Crippen LogP contribution is 2.15. The first-order valence-corrected chi connectivity index (χ1v) is 6.51. The summed E-state index contributed by atoms with van der Waals surface area (Å²) in [6.07, 6.45) is 0.945. The highest BCUT2D eigenvalue weighted by Gasteiger charge is 2.26. The van der Waals surface area contributed by atoms with Crippen molar-refractivity contribution in [2.75, 3.05) is 0 Å². The van der Waals surface area contributed by atoms with Gasteiger partial charge in [-0.3, -0.25) is 14.0 Å². The number of hydrogen-bond donors (Lipinski definition) is 3. The molecule has 8 heteroatoms. The average Bonchev–Trinajstić information content (AvgIpc) is 2.75. The fraction of sp³-hybridized carbons (Fsp3) is 0.286. The molecule has 0 bridgehead atoms. The molecule has 3 N–H and O–H groups in total. The summed E-state index contributed by atoms with van der Waals surface area (Å²) in [4.78, 5) is 38.3. The molecule has 22 heavy (non-hydrogen) atoms. The average molecular weight is 305 g/mol.